The number of hydrogen-bond acceptors (Lipinski definition) is 8. The van der Waals surface area contributed by atoms with Crippen LogP contribution in [0.4, 0.5) is 14.5 Å². The van der Waals surface area contributed by atoms with Crippen molar-refractivity contribution in [3.05, 3.63) is 72.1 Å². The van der Waals surface area contributed by atoms with E-state index in [1.807, 2.05) is 0 Å². The molecule has 4 aromatic rings. The van der Waals surface area contributed by atoms with Crippen LogP contribution in [0.15, 0.2) is 54.9 Å². The van der Waals surface area contributed by atoms with Crippen LogP contribution in [-0.2, 0) is 4.79 Å². The van der Waals surface area contributed by atoms with Crippen LogP contribution in [-0.4, -0.2) is 43.0 Å². The summed E-state index contributed by atoms with van der Waals surface area (Å²) >= 11 is 0. The zero-order valence-electron chi connectivity index (χ0n) is 19.3. The molecule has 1 aromatic heterocycles. The maximum atomic E-state index is 14.8. The van der Waals surface area contributed by atoms with Crippen molar-refractivity contribution in [2.45, 2.75) is 0 Å². The summed E-state index contributed by atoms with van der Waals surface area (Å²) in [4.78, 5) is 33.0. The summed E-state index contributed by atoms with van der Waals surface area (Å²) in [6.07, 6.45) is 1.21. The number of fused-ring (bicyclic) bond motifs is 1. The lowest BCUT2D eigenvalue weighted by atomic mass is 10.1. The minimum absolute atomic E-state index is 0.0189. The molecule has 11 heteroatoms. The molecule has 9 nitrogen and oxygen atoms in total. The van der Waals surface area contributed by atoms with Crippen molar-refractivity contribution >= 4 is 28.3 Å². The van der Waals surface area contributed by atoms with Gasteiger partial charge in [0.1, 0.15) is 29.5 Å². The van der Waals surface area contributed by atoms with Gasteiger partial charge in [-0.15, -0.1) is 0 Å². The Bertz CT molecular complexity index is 1450. The second-order valence-corrected chi connectivity index (χ2v) is 7.28. The van der Waals surface area contributed by atoms with Crippen LogP contribution in [0.2, 0.25) is 0 Å². The van der Waals surface area contributed by atoms with E-state index in [1.54, 1.807) is 24.3 Å². The van der Waals surface area contributed by atoms with Gasteiger partial charge in [-0.2, -0.15) is 0 Å². The number of halogens is 2. The predicted molar refractivity (Wildman–Crippen MR) is 125 cm³/mol. The third-order valence-electron chi connectivity index (χ3n) is 5.10. The number of nitrogens with zero attached hydrogens (tertiary/aromatic N) is 2. The fraction of sp³-hybridized carbons (Fsp3) is 0.120. The van der Waals surface area contributed by atoms with Crippen LogP contribution < -0.4 is 24.3 Å². The van der Waals surface area contributed by atoms with Gasteiger partial charge in [0.25, 0.3) is 11.7 Å². The van der Waals surface area contributed by atoms with Gasteiger partial charge < -0.3 is 24.3 Å². The highest BCUT2D eigenvalue weighted by Crippen LogP contribution is 2.36. The van der Waals surface area contributed by atoms with Crippen molar-refractivity contribution in [2.75, 3.05) is 26.6 Å². The second kappa shape index (κ2) is 10.2. The Balaban J connectivity index is 1.61. The van der Waals surface area contributed by atoms with E-state index in [2.05, 4.69) is 15.3 Å². The van der Waals surface area contributed by atoms with Crippen LogP contribution in [0.25, 0.3) is 10.9 Å². The first-order valence-corrected chi connectivity index (χ1v) is 10.4. The molecule has 1 heterocycles. The van der Waals surface area contributed by atoms with E-state index >= 15 is 0 Å². The summed E-state index contributed by atoms with van der Waals surface area (Å²) in [6.45, 7) is 0. The van der Waals surface area contributed by atoms with Gasteiger partial charge in [0.2, 0.25) is 5.88 Å². The summed E-state index contributed by atoms with van der Waals surface area (Å²) in [5.41, 5.74) is -0.377. The number of carbonyl (C=O) groups is 2. The molecule has 3 aromatic carbocycles. The van der Waals surface area contributed by atoms with Gasteiger partial charge in [-0.05, 0) is 18.2 Å². The summed E-state index contributed by atoms with van der Waals surface area (Å²) < 4.78 is 50.7. The SMILES string of the molecule is COc1cccc(NC(=O)C(=O)c2c(F)cc(Oc3ncnc4cc(OC)c(OC)cc34)cc2F)c1. The average Bonchev–Trinajstić information content (AvgIpc) is 2.87. The van der Waals surface area contributed by atoms with Gasteiger partial charge >= 0.3 is 0 Å². The minimum Gasteiger partial charge on any atom is -0.497 e. The molecule has 1 amide bonds. The van der Waals surface area contributed by atoms with E-state index in [-0.39, 0.29) is 17.3 Å². The molecule has 0 bridgehead atoms. The smallest absolute Gasteiger partial charge is 0.296 e. The highest BCUT2D eigenvalue weighted by molar-refractivity contribution is 6.46. The zero-order chi connectivity index (χ0) is 25.8. The molecule has 0 radical (unpaired) electrons. The molecule has 0 atom stereocenters. The number of benzene rings is 3. The van der Waals surface area contributed by atoms with Crippen LogP contribution in [0, 0.1) is 11.6 Å². The summed E-state index contributed by atoms with van der Waals surface area (Å²) in [7, 11) is 4.34. The van der Waals surface area contributed by atoms with Gasteiger partial charge in [0.15, 0.2) is 11.5 Å². The fourth-order valence-corrected chi connectivity index (χ4v) is 3.38. The maximum absolute atomic E-state index is 14.8. The predicted octanol–water partition coefficient (Wildman–Crippen LogP) is 4.55. The first kappa shape index (κ1) is 24.3. The average molecular weight is 495 g/mol. The van der Waals surface area contributed by atoms with E-state index in [1.165, 1.54) is 39.8 Å². The number of carbonyl (C=O) groups excluding carboxylic acids is 2. The van der Waals surface area contributed by atoms with Gasteiger partial charge in [0.05, 0.1) is 37.8 Å². The van der Waals surface area contributed by atoms with Gasteiger partial charge in [-0.25, -0.2) is 18.7 Å². The van der Waals surface area contributed by atoms with Crippen molar-refractivity contribution in [1.29, 1.82) is 0 Å². The van der Waals surface area contributed by atoms with Crippen molar-refractivity contribution in [1.82, 2.24) is 9.97 Å². The molecule has 0 unspecified atom stereocenters. The molecular weight excluding hydrogens is 476 g/mol. The number of anilines is 1. The molecule has 0 saturated heterocycles. The minimum atomic E-state index is -1.40. The lowest BCUT2D eigenvalue weighted by molar-refractivity contribution is -0.112. The van der Waals surface area contributed by atoms with E-state index < -0.39 is 28.9 Å². The summed E-state index contributed by atoms with van der Waals surface area (Å²) in [5.74, 6) is -4.29. The first-order valence-electron chi connectivity index (χ1n) is 10.4. The third kappa shape index (κ3) is 4.85. The molecule has 0 aliphatic rings. The molecule has 0 aliphatic heterocycles. The molecule has 1 N–H and O–H groups in total. The Hall–Kier alpha value is -4.80. The van der Waals surface area contributed by atoms with Crippen molar-refractivity contribution < 1.29 is 37.3 Å². The highest BCUT2D eigenvalue weighted by Gasteiger charge is 2.26. The number of hydrogen-bond donors (Lipinski definition) is 1. The second-order valence-electron chi connectivity index (χ2n) is 7.28. The van der Waals surface area contributed by atoms with Crippen LogP contribution in [0.1, 0.15) is 10.4 Å². The fourth-order valence-electron chi connectivity index (χ4n) is 3.38. The van der Waals surface area contributed by atoms with Crippen molar-refractivity contribution in [2.24, 2.45) is 0 Å². The molecule has 0 fully saturated rings. The van der Waals surface area contributed by atoms with Crippen LogP contribution in [0.3, 0.4) is 0 Å². The standard InChI is InChI=1S/C25H19F2N3O6/c1-33-14-6-4-5-13(7-14)30-24(32)23(31)22-17(26)8-15(9-18(22)27)36-25-16-10-20(34-2)21(35-3)11-19(16)28-12-29-25/h4-12H,1-3H3,(H,30,32). The quantitative estimate of drug-likeness (QED) is 0.280. The molecule has 0 aliphatic carbocycles. The van der Waals surface area contributed by atoms with Gasteiger partial charge in [-0.3, -0.25) is 9.59 Å². The number of ether oxygens (including phenoxy) is 4. The number of aromatic nitrogens is 2. The summed E-state index contributed by atoms with van der Waals surface area (Å²) in [5, 5.41) is 2.68. The first-order chi connectivity index (χ1) is 17.3. The summed E-state index contributed by atoms with van der Waals surface area (Å²) in [6, 6.07) is 10.9. The normalized spacial score (nSPS) is 10.6. The van der Waals surface area contributed by atoms with Crippen LogP contribution in [0.5, 0.6) is 28.9 Å². The topological polar surface area (TPSA) is 109 Å². The van der Waals surface area contributed by atoms with E-state index in [9.17, 15) is 18.4 Å². The molecule has 36 heavy (non-hydrogen) atoms. The van der Waals surface area contributed by atoms with E-state index in [4.69, 9.17) is 18.9 Å². The van der Waals surface area contributed by atoms with Crippen molar-refractivity contribution in [3.8, 4) is 28.9 Å². The monoisotopic (exact) mass is 495 g/mol. The number of methoxy groups -OCH3 is 3. The Kier molecular flexibility index (Phi) is 6.91. The Labute approximate surface area is 203 Å². The van der Waals surface area contributed by atoms with Gasteiger partial charge in [0, 0.05) is 30.0 Å². The molecular formula is C25H19F2N3O6. The lowest BCUT2D eigenvalue weighted by Gasteiger charge is -2.12. The Morgan fingerprint density at radius 2 is 1.53 bits per heavy atom. The van der Waals surface area contributed by atoms with Gasteiger partial charge in [-0.1, -0.05) is 6.07 Å². The zero-order valence-corrected chi connectivity index (χ0v) is 19.3. The largest absolute Gasteiger partial charge is 0.497 e. The molecule has 0 saturated carbocycles. The van der Waals surface area contributed by atoms with Crippen LogP contribution >= 0.6 is 0 Å². The van der Waals surface area contributed by atoms with Crippen molar-refractivity contribution in [3.63, 3.8) is 0 Å². The Morgan fingerprint density at radius 3 is 2.19 bits per heavy atom. The third-order valence-corrected chi connectivity index (χ3v) is 5.10. The maximum Gasteiger partial charge on any atom is 0.296 e. The number of rotatable bonds is 8. The lowest BCUT2D eigenvalue weighted by Crippen LogP contribution is -2.25. The molecule has 184 valence electrons. The van der Waals surface area contributed by atoms with E-state index in [0.29, 0.717) is 28.2 Å². The number of nitrogens with one attached hydrogen (secondary N) is 1. The number of amides is 1. The molecule has 0 spiro atoms. The molecule has 4 rings (SSSR count). The number of ketones is 1. The Morgan fingerprint density at radius 1 is 0.833 bits per heavy atom. The highest BCUT2D eigenvalue weighted by atomic mass is 19.1. The van der Waals surface area contributed by atoms with E-state index in [0.717, 1.165) is 12.1 Å². The number of Topliss-reactive ketones (excluding diaryl/α,β-unsaturated/α-hetero) is 1.